The van der Waals surface area contributed by atoms with Crippen molar-refractivity contribution >= 4 is 36.3 Å². The topological polar surface area (TPSA) is 226 Å². The summed E-state index contributed by atoms with van der Waals surface area (Å²) in [6, 6.07) is 13.7. The van der Waals surface area contributed by atoms with E-state index in [1.807, 2.05) is 0 Å². The molecule has 17 nitrogen and oxygen atoms in total. The molecule has 4 N–H and O–H groups in total. The Morgan fingerprint density at radius 2 is 1.09 bits per heavy atom. The number of guanidine groups is 2. The minimum atomic E-state index is -0.929. The fraction of sp³-hybridized carbons (Fsp3) is 0.513. The van der Waals surface area contributed by atoms with Crippen LogP contribution in [0.1, 0.15) is 88.6 Å². The molecule has 2 aromatic carbocycles. The van der Waals surface area contributed by atoms with Gasteiger partial charge in [0.25, 0.3) is 0 Å². The van der Waals surface area contributed by atoms with Crippen molar-refractivity contribution in [2.45, 2.75) is 105 Å². The van der Waals surface area contributed by atoms with Gasteiger partial charge in [-0.25, -0.2) is 29.0 Å². The molecule has 0 fully saturated rings. The summed E-state index contributed by atoms with van der Waals surface area (Å²) in [7, 11) is 0. The number of nitrogens with zero attached hydrogens (tertiary/aromatic N) is 3. The Bertz CT molecular complexity index is 1790. The van der Waals surface area contributed by atoms with Crippen LogP contribution in [0.4, 0.5) is 19.2 Å². The molecule has 4 amide bonds. The Morgan fingerprint density at radius 1 is 0.643 bits per heavy atom. The first-order valence-electron chi connectivity index (χ1n) is 17.7. The van der Waals surface area contributed by atoms with Crippen LogP contribution >= 0.6 is 0 Å². The molecular formula is C39H55N7O10. The van der Waals surface area contributed by atoms with E-state index >= 15 is 0 Å². The predicted octanol–water partition coefficient (Wildman–Crippen LogP) is 7.38. The third kappa shape index (κ3) is 17.0. The first-order chi connectivity index (χ1) is 25.7. The largest absolute Gasteiger partial charge is 0.492 e. The van der Waals surface area contributed by atoms with Crippen LogP contribution in [0, 0.1) is 22.1 Å². The second-order valence-corrected chi connectivity index (χ2v) is 16.3. The maximum atomic E-state index is 13.1. The van der Waals surface area contributed by atoms with Crippen molar-refractivity contribution < 1.29 is 47.6 Å². The van der Waals surface area contributed by atoms with Crippen LogP contribution in [-0.2, 0) is 18.9 Å². The zero-order valence-electron chi connectivity index (χ0n) is 34.3. The highest BCUT2D eigenvalue weighted by molar-refractivity contribution is 6.00. The number of hydrogen-bond acceptors (Lipinski definition) is 13. The first-order valence-corrected chi connectivity index (χ1v) is 17.7. The van der Waals surface area contributed by atoms with Gasteiger partial charge in [-0.15, -0.1) is 0 Å². The van der Waals surface area contributed by atoms with E-state index in [2.05, 4.69) is 16.7 Å². The van der Waals surface area contributed by atoms with Gasteiger partial charge in [0.1, 0.15) is 47.1 Å². The lowest BCUT2D eigenvalue weighted by molar-refractivity contribution is 0.0325. The minimum Gasteiger partial charge on any atom is -0.492 e. The maximum absolute atomic E-state index is 13.1. The van der Waals surface area contributed by atoms with E-state index in [0.29, 0.717) is 28.2 Å². The molecule has 0 heterocycles. The second kappa shape index (κ2) is 19.0. The van der Waals surface area contributed by atoms with E-state index in [-0.39, 0.29) is 26.3 Å². The quantitative estimate of drug-likeness (QED) is 0.112. The first kappa shape index (κ1) is 46.1. The third-order valence-corrected chi connectivity index (χ3v) is 6.42. The van der Waals surface area contributed by atoms with Crippen molar-refractivity contribution in [1.29, 1.82) is 16.1 Å². The Morgan fingerprint density at radius 3 is 1.52 bits per heavy atom. The van der Waals surface area contributed by atoms with Gasteiger partial charge in [-0.3, -0.25) is 21.5 Å². The molecule has 17 heteroatoms. The van der Waals surface area contributed by atoms with Crippen molar-refractivity contribution in [2.24, 2.45) is 0 Å². The van der Waals surface area contributed by atoms with Crippen LogP contribution in [0.3, 0.4) is 0 Å². The van der Waals surface area contributed by atoms with Gasteiger partial charge in [-0.1, -0.05) is 12.1 Å². The fourth-order valence-corrected chi connectivity index (χ4v) is 4.36. The highest BCUT2D eigenvalue weighted by Gasteiger charge is 2.29. The van der Waals surface area contributed by atoms with Crippen LogP contribution in [0.15, 0.2) is 42.5 Å². The molecule has 0 saturated carbocycles. The molecule has 0 bridgehead atoms. The van der Waals surface area contributed by atoms with E-state index in [0.717, 1.165) is 9.80 Å². The Labute approximate surface area is 328 Å². The van der Waals surface area contributed by atoms with Crippen LogP contribution in [0.25, 0.3) is 11.1 Å². The van der Waals surface area contributed by atoms with Gasteiger partial charge in [-0.2, -0.15) is 5.26 Å². The van der Waals surface area contributed by atoms with E-state index in [1.54, 1.807) is 126 Å². The molecule has 0 unspecified atom stereocenters. The molecule has 2 rings (SSSR count). The van der Waals surface area contributed by atoms with Crippen molar-refractivity contribution in [1.82, 2.24) is 20.4 Å². The average molecular weight is 782 g/mol. The standard InChI is InChI=1S/C39H55N7O10/c1-36(2,3)53-32(47)43-30(41)45(34(49)55-38(7,8)9)18-20-51-27-15-13-14-26(23-27)28-22-25(24-40)16-17-29(28)52-21-19-46(35(50)56-39(10,11)12)31(42)44-33(48)54-37(4,5)6/h13-17,22-23H,18-21H2,1-12H3,(H2,41,43,47)(H2,42,44,48). The lowest BCUT2D eigenvalue weighted by Gasteiger charge is -2.28. The molecule has 306 valence electrons. The number of benzene rings is 2. The Balaban J connectivity index is 2.29. The molecule has 0 saturated heterocycles. The summed E-state index contributed by atoms with van der Waals surface area (Å²) in [5.74, 6) is -0.455. The number of alkyl carbamates (subject to hydrolysis) is 2. The third-order valence-electron chi connectivity index (χ3n) is 6.42. The Kier molecular flexibility index (Phi) is 15.6. The summed E-state index contributed by atoms with van der Waals surface area (Å²) in [4.78, 5) is 52.6. The maximum Gasteiger partial charge on any atom is 0.417 e. The molecule has 2 aromatic rings. The number of rotatable bonds is 9. The molecule has 56 heavy (non-hydrogen) atoms. The van der Waals surface area contributed by atoms with Crippen LogP contribution in [0.5, 0.6) is 11.5 Å². The SMILES string of the molecule is CC(C)(C)OC(=O)NC(=N)N(CCOc1cccc(-c2cc(C#N)ccc2OCCN(C(=N)NC(=O)OC(C)(C)C)C(=O)OC(C)(C)C)c1)C(=O)OC(C)(C)C. The molecule has 0 spiro atoms. The number of nitriles is 1. The highest BCUT2D eigenvalue weighted by atomic mass is 16.6. The van der Waals surface area contributed by atoms with Gasteiger partial charge in [0.15, 0.2) is 0 Å². The molecule has 0 aliphatic rings. The average Bonchev–Trinajstić information content (AvgIpc) is 3.01. The van der Waals surface area contributed by atoms with E-state index in [9.17, 15) is 24.4 Å². The van der Waals surface area contributed by atoms with E-state index in [1.165, 1.54) is 0 Å². The Hall–Kier alpha value is -6.05. The highest BCUT2D eigenvalue weighted by Crippen LogP contribution is 2.33. The molecule has 0 aromatic heterocycles. The van der Waals surface area contributed by atoms with Crippen molar-refractivity contribution in [3.8, 4) is 28.7 Å². The fourth-order valence-electron chi connectivity index (χ4n) is 4.36. The number of amides is 4. The summed E-state index contributed by atoms with van der Waals surface area (Å²) >= 11 is 0. The summed E-state index contributed by atoms with van der Waals surface area (Å²) in [6.07, 6.45) is -3.63. The van der Waals surface area contributed by atoms with Gasteiger partial charge in [0, 0.05) is 5.56 Å². The lowest BCUT2D eigenvalue weighted by atomic mass is 10.0. The monoisotopic (exact) mass is 781 g/mol. The summed E-state index contributed by atoms with van der Waals surface area (Å²) in [6.45, 7) is 19.3. The number of ether oxygens (including phenoxy) is 6. The normalized spacial score (nSPS) is 11.6. The molecule has 0 aliphatic carbocycles. The number of hydrogen-bond donors (Lipinski definition) is 4. The minimum absolute atomic E-state index is 0.119. The van der Waals surface area contributed by atoms with Gasteiger partial charge < -0.3 is 28.4 Å². The molecule has 0 atom stereocenters. The number of carbonyl (C=O) groups is 4. The molecular weight excluding hydrogens is 726 g/mol. The van der Waals surface area contributed by atoms with Crippen molar-refractivity contribution in [2.75, 3.05) is 26.3 Å². The van der Waals surface area contributed by atoms with E-state index < -0.39 is 58.7 Å². The molecule has 0 radical (unpaired) electrons. The number of carbonyl (C=O) groups excluding carboxylic acids is 4. The predicted molar refractivity (Wildman–Crippen MR) is 208 cm³/mol. The number of nitrogens with one attached hydrogen (secondary N) is 4. The van der Waals surface area contributed by atoms with Crippen LogP contribution < -0.4 is 20.1 Å². The zero-order valence-corrected chi connectivity index (χ0v) is 34.3. The van der Waals surface area contributed by atoms with Crippen LogP contribution in [0.2, 0.25) is 0 Å². The van der Waals surface area contributed by atoms with Gasteiger partial charge in [-0.05, 0) is 119 Å². The summed E-state index contributed by atoms with van der Waals surface area (Å²) < 4.78 is 33.4. The van der Waals surface area contributed by atoms with Gasteiger partial charge >= 0.3 is 24.4 Å². The zero-order chi connectivity index (χ0) is 42.6. The smallest absolute Gasteiger partial charge is 0.417 e. The summed E-state index contributed by atoms with van der Waals surface area (Å²) in [5.41, 5.74) is -2.05. The van der Waals surface area contributed by atoms with Gasteiger partial charge in [0.05, 0.1) is 24.7 Å². The van der Waals surface area contributed by atoms with Crippen LogP contribution in [-0.4, -0.2) is 94.8 Å². The van der Waals surface area contributed by atoms with E-state index in [4.69, 9.17) is 39.2 Å². The van der Waals surface area contributed by atoms with Crippen molar-refractivity contribution in [3.05, 3.63) is 48.0 Å². The van der Waals surface area contributed by atoms with Gasteiger partial charge in [0.2, 0.25) is 11.9 Å². The van der Waals surface area contributed by atoms with Crippen molar-refractivity contribution in [3.63, 3.8) is 0 Å². The molecule has 0 aliphatic heterocycles. The lowest BCUT2D eigenvalue weighted by Crippen LogP contribution is -2.50. The summed E-state index contributed by atoms with van der Waals surface area (Å²) in [5, 5.41) is 31.0. The second-order valence-electron chi connectivity index (χ2n) is 16.3.